The van der Waals surface area contributed by atoms with Crippen molar-refractivity contribution >= 4 is 5.82 Å². The third-order valence-electron chi connectivity index (χ3n) is 3.46. The first-order chi connectivity index (χ1) is 8.15. The van der Waals surface area contributed by atoms with E-state index in [0.29, 0.717) is 12.0 Å². The molecule has 2 atom stereocenters. The van der Waals surface area contributed by atoms with Crippen molar-refractivity contribution in [2.24, 2.45) is 11.7 Å². The molecular formula is C13H22N4. The van der Waals surface area contributed by atoms with Crippen LogP contribution in [0.5, 0.6) is 0 Å². The summed E-state index contributed by atoms with van der Waals surface area (Å²) in [5, 5.41) is 3.41. The molecule has 0 aromatic carbocycles. The molecule has 0 amide bonds. The second-order valence-corrected chi connectivity index (χ2v) is 5.12. The van der Waals surface area contributed by atoms with Crippen molar-refractivity contribution in [2.75, 3.05) is 11.9 Å². The van der Waals surface area contributed by atoms with E-state index in [1.54, 1.807) is 6.20 Å². The largest absolute Gasteiger partial charge is 0.368 e. The highest BCUT2D eigenvalue weighted by Gasteiger charge is 2.19. The summed E-state index contributed by atoms with van der Waals surface area (Å²) >= 11 is 0. The molecule has 0 bridgehead atoms. The number of aromatic nitrogens is 2. The summed E-state index contributed by atoms with van der Waals surface area (Å²) in [7, 11) is 0. The molecule has 94 valence electrons. The van der Waals surface area contributed by atoms with Crippen LogP contribution in [0.2, 0.25) is 0 Å². The highest BCUT2D eigenvalue weighted by atomic mass is 15.0. The molecule has 1 heterocycles. The van der Waals surface area contributed by atoms with Crippen LogP contribution in [0.4, 0.5) is 5.82 Å². The van der Waals surface area contributed by atoms with Crippen LogP contribution in [-0.2, 0) is 0 Å². The molecule has 1 saturated carbocycles. The summed E-state index contributed by atoms with van der Waals surface area (Å²) < 4.78 is 0. The maximum absolute atomic E-state index is 5.99. The summed E-state index contributed by atoms with van der Waals surface area (Å²) in [6, 6.07) is 0.389. The van der Waals surface area contributed by atoms with Crippen LogP contribution in [0.1, 0.15) is 37.1 Å². The van der Waals surface area contributed by atoms with Gasteiger partial charge in [0, 0.05) is 18.8 Å². The maximum atomic E-state index is 5.99. The summed E-state index contributed by atoms with van der Waals surface area (Å²) in [5.41, 5.74) is 7.92. The second-order valence-electron chi connectivity index (χ2n) is 5.12. The lowest BCUT2D eigenvalue weighted by Crippen LogP contribution is -2.31. The van der Waals surface area contributed by atoms with Gasteiger partial charge >= 0.3 is 0 Å². The number of nitrogens with zero attached hydrogens (tertiary/aromatic N) is 2. The minimum atomic E-state index is 0.389. The number of anilines is 1. The van der Waals surface area contributed by atoms with E-state index in [1.165, 1.54) is 19.3 Å². The molecule has 2 unspecified atom stereocenters. The number of nitrogens with two attached hydrogens (primary N) is 1. The van der Waals surface area contributed by atoms with Crippen molar-refractivity contribution in [3.8, 4) is 0 Å². The zero-order chi connectivity index (χ0) is 12.3. The van der Waals surface area contributed by atoms with E-state index in [0.717, 1.165) is 30.2 Å². The van der Waals surface area contributed by atoms with Gasteiger partial charge in [-0.1, -0.05) is 6.42 Å². The molecule has 0 aliphatic heterocycles. The second kappa shape index (κ2) is 5.45. The Balaban J connectivity index is 1.90. The lowest BCUT2D eigenvalue weighted by Gasteiger charge is -2.27. The fourth-order valence-electron chi connectivity index (χ4n) is 2.46. The van der Waals surface area contributed by atoms with Crippen molar-refractivity contribution in [1.82, 2.24) is 9.97 Å². The van der Waals surface area contributed by atoms with Crippen LogP contribution < -0.4 is 11.1 Å². The molecular weight excluding hydrogens is 212 g/mol. The fraction of sp³-hybridized carbons (Fsp3) is 0.692. The summed E-state index contributed by atoms with van der Waals surface area (Å²) in [6.45, 7) is 4.92. The third kappa shape index (κ3) is 3.40. The van der Waals surface area contributed by atoms with E-state index in [9.17, 15) is 0 Å². The minimum absolute atomic E-state index is 0.389. The van der Waals surface area contributed by atoms with Crippen LogP contribution in [0.25, 0.3) is 0 Å². The van der Waals surface area contributed by atoms with E-state index in [1.807, 2.05) is 13.8 Å². The molecule has 1 aliphatic rings. The Labute approximate surface area is 103 Å². The summed E-state index contributed by atoms with van der Waals surface area (Å²) in [6.07, 6.45) is 6.65. The van der Waals surface area contributed by atoms with E-state index in [-0.39, 0.29) is 0 Å². The van der Waals surface area contributed by atoms with Gasteiger partial charge in [-0.25, -0.2) is 4.98 Å². The van der Waals surface area contributed by atoms with E-state index in [2.05, 4.69) is 15.3 Å². The Bertz CT molecular complexity index is 378. The average molecular weight is 234 g/mol. The van der Waals surface area contributed by atoms with Crippen LogP contribution in [0.15, 0.2) is 6.20 Å². The first-order valence-corrected chi connectivity index (χ1v) is 6.45. The standard InChI is InChI=1S/C13H22N4/c1-9-7-15-10(2)13(17-9)16-8-11-4-3-5-12(14)6-11/h7,11-12H,3-6,8,14H2,1-2H3,(H,16,17). The molecule has 1 aliphatic carbocycles. The molecule has 1 fully saturated rings. The van der Waals surface area contributed by atoms with Gasteiger partial charge in [0.15, 0.2) is 0 Å². The predicted molar refractivity (Wildman–Crippen MR) is 69.9 cm³/mol. The van der Waals surface area contributed by atoms with Gasteiger partial charge in [-0.05, 0) is 39.0 Å². The van der Waals surface area contributed by atoms with Crippen molar-refractivity contribution in [3.05, 3.63) is 17.6 Å². The summed E-state index contributed by atoms with van der Waals surface area (Å²) in [4.78, 5) is 8.78. The average Bonchev–Trinajstić information content (AvgIpc) is 2.30. The topological polar surface area (TPSA) is 63.8 Å². The number of aryl methyl sites for hydroxylation is 2. The van der Waals surface area contributed by atoms with Gasteiger partial charge in [0.25, 0.3) is 0 Å². The van der Waals surface area contributed by atoms with Gasteiger partial charge in [-0.15, -0.1) is 0 Å². The highest BCUT2D eigenvalue weighted by molar-refractivity contribution is 5.39. The molecule has 4 nitrogen and oxygen atoms in total. The number of rotatable bonds is 3. The number of hydrogen-bond donors (Lipinski definition) is 2. The minimum Gasteiger partial charge on any atom is -0.368 e. The first-order valence-electron chi connectivity index (χ1n) is 6.45. The van der Waals surface area contributed by atoms with Crippen LogP contribution in [-0.4, -0.2) is 22.6 Å². The maximum Gasteiger partial charge on any atom is 0.147 e. The van der Waals surface area contributed by atoms with Gasteiger partial charge in [0.1, 0.15) is 5.82 Å². The highest BCUT2D eigenvalue weighted by Crippen LogP contribution is 2.23. The number of nitrogens with one attached hydrogen (secondary N) is 1. The summed E-state index contributed by atoms with van der Waals surface area (Å²) in [5.74, 6) is 1.60. The van der Waals surface area contributed by atoms with Gasteiger partial charge in [0.05, 0.1) is 11.4 Å². The Morgan fingerprint density at radius 1 is 1.41 bits per heavy atom. The molecule has 0 radical (unpaired) electrons. The fourth-order valence-corrected chi connectivity index (χ4v) is 2.46. The van der Waals surface area contributed by atoms with Gasteiger partial charge in [0.2, 0.25) is 0 Å². The normalized spacial score (nSPS) is 24.6. The first kappa shape index (κ1) is 12.3. The quantitative estimate of drug-likeness (QED) is 0.840. The molecule has 0 saturated heterocycles. The van der Waals surface area contributed by atoms with Crippen molar-refractivity contribution < 1.29 is 0 Å². The molecule has 17 heavy (non-hydrogen) atoms. The monoisotopic (exact) mass is 234 g/mol. The van der Waals surface area contributed by atoms with Crippen LogP contribution in [0.3, 0.4) is 0 Å². The van der Waals surface area contributed by atoms with Crippen LogP contribution in [0, 0.1) is 19.8 Å². The van der Waals surface area contributed by atoms with Gasteiger partial charge in [-0.2, -0.15) is 0 Å². The smallest absolute Gasteiger partial charge is 0.147 e. The third-order valence-corrected chi connectivity index (χ3v) is 3.46. The van der Waals surface area contributed by atoms with Crippen molar-refractivity contribution in [1.29, 1.82) is 0 Å². The molecule has 4 heteroatoms. The predicted octanol–water partition coefficient (Wildman–Crippen LogP) is 2.02. The Morgan fingerprint density at radius 2 is 2.24 bits per heavy atom. The van der Waals surface area contributed by atoms with E-state index >= 15 is 0 Å². The molecule has 1 aromatic heterocycles. The Morgan fingerprint density at radius 3 is 3.00 bits per heavy atom. The Kier molecular flexibility index (Phi) is 3.94. The zero-order valence-corrected chi connectivity index (χ0v) is 10.7. The van der Waals surface area contributed by atoms with Gasteiger partial charge in [-0.3, -0.25) is 4.98 Å². The SMILES string of the molecule is Cc1cnc(C)c(NCC2CCCC(N)C2)n1. The molecule has 3 N–H and O–H groups in total. The lowest BCUT2D eigenvalue weighted by molar-refractivity contribution is 0.334. The number of hydrogen-bond acceptors (Lipinski definition) is 4. The Hall–Kier alpha value is -1.16. The van der Waals surface area contributed by atoms with Crippen molar-refractivity contribution in [2.45, 2.75) is 45.6 Å². The van der Waals surface area contributed by atoms with E-state index < -0.39 is 0 Å². The lowest BCUT2D eigenvalue weighted by atomic mass is 9.86. The molecule has 0 spiro atoms. The van der Waals surface area contributed by atoms with Gasteiger partial charge < -0.3 is 11.1 Å². The van der Waals surface area contributed by atoms with Crippen LogP contribution >= 0.6 is 0 Å². The van der Waals surface area contributed by atoms with E-state index in [4.69, 9.17) is 5.73 Å². The molecule has 2 rings (SSSR count). The molecule has 1 aromatic rings. The zero-order valence-electron chi connectivity index (χ0n) is 10.7. The van der Waals surface area contributed by atoms with Crippen molar-refractivity contribution in [3.63, 3.8) is 0 Å².